The lowest BCUT2D eigenvalue weighted by Gasteiger charge is -2.35. The number of hydrogen-bond acceptors (Lipinski definition) is 7. The molecular formula is C14H20N6O4. The molecule has 2 fully saturated rings. The molecule has 0 radical (unpaired) electrons. The zero-order chi connectivity index (χ0) is 17.3. The van der Waals surface area contributed by atoms with E-state index in [4.69, 9.17) is 0 Å². The lowest BCUT2D eigenvalue weighted by molar-refractivity contribution is -0.388. The Morgan fingerprint density at radius 3 is 2.33 bits per heavy atom. The first-order valence-electron chi connectivity index (χ1n) is 7.93. The fourth-order valence-electron chi connectivity index (χ4n) is 3.20. The standard InChI is InChI=1S/C14H20N6O4/c1-16-10-15-13(20(23)24)14(16)18-7-4-17(5-8-18)6-9-19-11(21)2-3-12(19)22/h10H,2-9H2,1H3. The Morgan fingerprint density at radius 1 is 1.12 bits per heavy atom. The monoisotopic (exact) mass is 336 g/mol. The Balaban J connectivity index is 1.55. The molecule has 2 saturated heterocycles. The lowest BCUT2D eigenvalue weighted by Crippen LogP contribution is -2.49. The number of nitro groups is 1. The first-order chi connectivity index (χ1) is 11.5. The number of rotatable bonds is 5. The van der Waals surface area contributed by atoms with Crippen LogP contribution in [0, 0.1) is 10.1 Å². The Morgan fingerprint density at radius 2 is 1.75 bits per heavy atom. The van der Waals surface area contributed by atoms with Crippen molar-refractivity contribution in [3.8, 4) is 0 Å². The van der Waals surface area contributed by atoms with Crippen molar-refractivity contribution in [2.24, 2.45) is 7.05 Å². The SMILES string of the molecule is Cn1cnc([N+](=O)[O-])c1N1CCN(CCN2C(=O)CCC2=O)CC1. The molecule has 1 aromatic heterocycles. The molecule has 1 aromatic rings. The molecule has 0 unspecified atom stereocenters. The van der Waals surface area contributed by atoms with Crippen molar-refractivity contribution >= 4 is 23.5 Å². The van der Waals surface area contributed by atoms with E-state index in [-0.39, 0.29) is 17.6 Å². The topological polar surface area (TPSA) is 105 Å². The first kappa shape index (κ1) is 16.4. The van der Waals surface area contributed by atoms with Gasteiger partial charge in [0.1, 0.15) is 0 Å². The predicted molar refractivity (Wildman–Crippen MR) is 84.5 cm³/mol. The molecule has 2 aliphatic rings. The van der Waals surface area contributed by atoms with E-state index >= 15 is 0 Å². The Kier molecular flexibility index (Phi) is 4.47. The summed E-state index contributed by atoms with van der Waals surface area (Å²) in [5, 5.41) is 11.1. The zero-order valence-corrected chi connectivity index (χ0v) is 13.6. The summed E-state index contributed by atoms with van der Waals surface area (Å²) in [6, 6.07) is 0. The van der Waals surface area contributed by atoms with Gasteiger partial charge < -0.3 is 15.0 Å². The highest BCUT2D eigenvalue weighted by molar-refractivity contribution is 6.01. The van der Waals surface area contributed by atoms with Crippen LogP contribution in [-0.2, 0) is 16.6 Å². The van der Waals surface area contributed by atoms with E-state index in [0.717, 1.165) is 13.1 Å². The van der Waals surface area contributed by atoms with Crippen molar-refractivity contribution in [1.29, 1.82) is 0 Å². The summed E-state index contributed by atoms with van der Waals surface area (Å²) >= 11 is 0. The van der Waals surface area contributed by atoms with Crippen LogP contribution in [0.4, 0.5) is 11.6 Å². The quantitative estimate of drug-likeness (QED) is 0.409. The molecule has 2 amide bonds. The predicted octanol–water partition coefficient (Wildman–Crippen LogP) is -0.401. The fraction of sp³-hybridized carbons (Fsp3) is 0.643. The smallest absolute Gasteiger partial charge is 0.358 e. The number of likely N-dealkylation sites (tertiary alicyclic amines) is 1. The van der Waals surface area contributed by atoms with Gasteiger partial charge in [-0.05, 0) is 9.91 Å². The van der Waals surface area contributed by atoms with Crippen LogP contribution in [0.15, 0.2) is 6.33 Å². The van der Waals surface area contributed by atoms with E-state index in [0.29, 0.717) is 44.8 Å². The van der Waals surface area contributed by atoms with Gasteiger partial charge in [-0.15, -0.1) is 0 Å². The van der Waals surface area contributed by atoms with Gasteiger partial charge in [-0.3, -0.25) is 24.0 Å². The number of nitrogens with zero attached hydrogens (tertiary/aromatic N) is 6. The van der Waals surface area contributed by atoms with Gasteiger partial charge in [0.2, 0.25) is 24.0 Å². The molecule has 2 aliphatic heterocycles. The second-order valence-corrected chi connectivity index (χ2v) is 6.03. The van der Waals surface area contributed by atoms with E-state index in [9.17, 15) is 19.7 Å². The number of amides is 2. The third-order valence-electron chi connectivity index (χ3n) is 4.53. The van der Waals surface area contributed by atoms with Gasteiger partial charge >= 0.3 is 5.82 Å². The van der Waals surface area contributed by atoms with Crippen LogP contribution in [0.2, 0.25) is 0 Å². The van der Waals surface area contributed by atoms with Crippen LogP contribution in [-0.4, -0.2) is 75.4 Å². The summed E-state index contributed by atoms with van der Waals surface area (Å²) in [5.74, 6) is 0.206. The minimum atomic E-state index is -0.466. The summed E-state index contributed by atoms with van der Waals surface area (Å²) in [7, 11) is 1.74. The molecule has 0 atom stereocenters. The molecule has 0 aliphatic carbocycles. The summed E-state index contributed by atoms with van der Waals surface area (Å²) in [5.41, 5.74) is 0. The normalized spacial score (nSPS) is 19.4. The first-order valence-corrected chi connectivity index (χ1v) is 7.93. The van der Waals surface area contributed by atoms with Crippen molar-refractivity contribution in [2.75, 3.05) is 44.2 Å². The van der Waals surface area contributed by atoms with Crippen molar-refractivity contribution in [1.82, 2.24) is 19.4 Å². The van der Waals surface area contributed by atoms with Crippen LogP contribution in [0.25, 0.3) is 0 Å². The summed E-state index contributed by atoms with van der Waals surface area (Å²) in [6.07, 6.45) is 2.08. The summed E-state index contributed by atoms with van der Waals surface area (Å²) in [4.78, 5) is 43.1. The van der Waals surface area contributed by atoms with E-state index in [2.05, 4.69) is 9.88 Å². The van der Waals surface area contributed by atoms with E-state index in [1.165, 1.54) is 11.2 Å². The Hall–Kier alpha value is -2.49. The van der Waals surface area contributed by atoms with Crippen molar-refractivity contribution in [3.05, 3.63) is 16.4 Å². The molecule has 0 saturated carbocycles. The summed E-state index contributed by atoms with van der Waals surface area (Å²) < 4.78 is 1.66. The van der Waals surface area contributed by atoms with Gasteiger partial charge in [0, 0.05) is 59.2 Å². The second kappa shape index (κ2) is 6.56. The molecule has 130 valence electrons. The van der Waals surface area contributed by atoms with E-state index < -0.39 is 4.92 Å². The molecule has 0 aromatic carbocycles. The highest BCUT2D eigenvalue weighted by Gasteiger charge is 2.31. The number of hydrogen-bond donors (Lipinski definition) is 0. The number of carbonyl (C=O) groups is 2. The van der Waals surface area contributed by atoms with Gasteiger partial charge in [0.25, 0.3) is 0 Å². The van der Waals surface area contributed by atoms with Gasteiger partial charge in [0.05, 0.1) is 0 Å². The average Bonchev–Trinajstić information content (AvgIpc) is 3.09. The molecule has 0 spiro atoms. The fourth-order valence-corrected chi connectivity index (χ4v) is 3.20. The zero-order valence-electron chi connectivity index (χ0n) is 13.6. The Labute approximate surface area is 138 Å². The van der Waals surface area contributed by atoms with Crippen molar-refractivity contribution in [3.63, 3.8) is 0 Å². The number of aryl methyl sites for hydroxylation is 1. The van der Waals surface area contributed by atoms with Crippen LogP contribution in [0.3, 0.4) is 0 Å². The van der Waals surface area contributed by atoms with Gasteiger partial charge in [-0.25, -0.2) is 0 Å². The molecule has 3 rings (SSSR count). The van der Waals surface area contributed by atoms with Gasteiger partial charge in [-0.1, -0.05) is 0 Å². The molecule has 0 N–H and O–H groups in total. The number of aromatic nitrogens is 2. The van der Waals surface area contributed by atoms with Crippen molar-refractivity contribution in [2.45, 2.75) is 12.8 Å². The van der Waals surface area contributed by atoms with Gasteiger partial charge in [0.15, 0.2) is 0 Å². The molecule has 3 heterocycles. The number of anilines is 1. The molecule has 10 heteroatoms. The van der Waals surface area contributed by atoms with Crippen molar-refractivity contribution < 1.29 is 14.5 Å². The minimum Gasteiger partial charge on any atom is -0.358 e. The van der Waals surface area contributed by atoms with Crippen LogP contribution < -0.4 is 4.90 Å². The molecular weight excluding hydrogens is 316 g/mol. The number of imidazole rings is 1. The number of piperazine rings is 1. The average molecular weight is 336 g/mol. The highest BCUT2D eigenvalue weighted by Crippen LogP contribution is 2.26. The second-order valence-electron chi connectivity index (χ2n) is 6.03. The highest BCUT2D eigenvalue weighted by atomic mass is 16.6. The molecule has 0 bridgehead atoms. The number of carbonyl (C=O) groups excluding carboxylic acids is 2. The third kappa shape index (κ3) is 3.09. The van der Waals surface area contributed by atoms with Crippen LogP contribution in [0.1, 0.15) is 12.8 Å². The maximum absolute atomic E-state index is 11.6. The summed E-state index contributed by atoms with van der Waals surface area (Å²) in [6.45, 7) is 3.78. The molecule has 10 nitrogen and oxygen atoms in total. The van der Waals surface area contributed by atoms with Gasteiger partial charge in [-0.2, -0.15) is 0 Å². The molecule has 24 heavy (non-hydrogen) atoms. The van der Waals surface area contributed by atoms with E-state index in [1.807, 2.05) is 4.90 Å². The maximum atomic E-state index is 11.6. The van der Waals surface area contributed by atoms with Crippen LogP contribution in [0.5, 0.6) is 0 Å². The minimum absolute atomic E-state index is 0.0934. The maximum Gasteiger partial charge on any atom is 0.406 e. The Bertz CT molecular complexity index is 648. The number of imide groups is 1. The third-order valence-corrected chi connectivity index (χ3v) is 4.53. The van der Waals surface area contributed by atoms with E-state index in [1.54, 1.807) is 11.6 Å². The van der Waals surface area contributed by atoms with Crippen LogP contribution >= 0.6 is 0 Å². The largest absolute Gasteiger partial charge is 0.406 e. The lowest BCUT2D eigenvalue weighted by atomic mass is 10.3.